The number of nitrogens with zero attached hydrogens (tertiary/aromatic N) is 1. The SMILES string of the molecule is CC(C)(C)NC(=O)c1sc2c(NC(=O)c3ccc(-c4ccccc4[N+](=O)[O-])o3)cccc2c1Cl. The van der Waals surface area contributed by atoms with E-state index >= 15 is 0 Å². The summed E-state index contributed by atoms with van der Waals surface area (Å²) in [7, 11) is 0. The van der Waals surface area contributed by atoms with Gasteiger partial charge in [-0.2, -0.15) is 0 Å². The van der Waals surface area contributed by atoms with Crippen molar-refractivity contribution in [1.29, 1.82) is 0 Å². The highest BCUT2D eigenvalue weighted by molar-refractivity contribution is 7.22. The molecule has 0 aliphatic rings. The molecule has 0 unspecified atom stereocenters. The zero-order chi connectivity index (χ0) is 24.6. The molecule has 0 aliphatic carbocycles. The van der Waals surface area contributed by atoms with E-state index in [9.17, 15) is 19.7 Å². The first-order valence-electron chi connectivity index (χ1n) is 10.2. The number of hydrogen-bond donors (Lipinski definition) is 2. The number of rotatable bonds is 5. The molecule has 8 nitrogen and oxygen atoms in total. The van der Waals surface area contributed by atoms with Gasteiger partial charge in [0.05, 0.1) is 25.9 Å². The maximum Gasteiger partial charge on any atom is 0.291 e. The van der Waals surface area contributed by atoms with E-state index in [1.54, 1.807) is 36.4 Å². The average molecular weight is 498 g/mol. The molecule has 4 aromatic rings. The van der Waals surface area contributed by atoms with Gasteiger partial charge in [-0.1, -0.05) is 35.9 Å². The molecule has 34 heavy (non-hydrogen) atoms. The van der Waals surface area contributed by atoms with Crippen LogP contribution in [0, 0.1) is 10.1 Å². The summed E-state index contributed by atoms with van der Waals surface area (Å²) in [5.74, 6) is -0.645. The Hall–Kier alpha value is -3.69. The zero-order valence-corrected chi connectivity index (χ0v) is 20.0. The molecular formula is C24H20ClN3O5S. The second-order valence-corrected chi connectivity index (χ2v) is 9.92. The molecule has 0 atom stereocenters. The molecule has 0 fully saturated rings. The highest BCUT2D eigenvalue weighted by Crippen LogP contribution is 2.40. The Morgan fingerprint density at radius 1 is 1.03 bits per heavy atom. The highest BCUT2D eigenvalue weighted by Gasteiger charge is 2.24. The molecule has 2 N–H and O–H groups in total. The molecular weight excluding hydrogens is 478 g/mol. The van der Waals surface area contributed by atoms with E-state index in [0.29, 0.717) is 25.7 Å². The summed E-state index contributed by atoms with van der Waals surface area (Å²) in [6.07, 6.45) is 0. The number of carbonyl (C=O) groups excluding carboxylic acids is 2. The van der Waals surface area contributed by atoms with Gasteiger partial charge in [0, 0.05) is 17.0 Å². The molecule has 10 heteroatoms. The van der Waals surface area contributed by atoms with Crippen molar-refractivity contribution in [3.63, 3.8) is 0 Å². The fourth-order valence-electron chi connectivity index (χ4n) is 3.36. The second-order valence-electron chi connectivity index (χ2n) is 8.52. The Morgan fingerprint density at radius 2 is 1.76 bits per heavy atom. The van der Waals surface area contributed by atoms with Gasteiger partial charge in [-0.05, 0) is 45.0 Å². The Balaban J connectivity index is 1.63. The number of thiophene rings is 1. The van der Waals surface area contributed by atoms with E-state index in [4.69, 9.17) is 16.0 Å². The van der Waals surface area contributed by atoms with E-state index in [-0.39, 0.29) is 28.7 Å². The lowest BCUT2D eigenvalue weighted by atomic mass is 10.1. The summed E-state index contributed by atoms with van der Waals surface area (Å²) in [6.45, 7) is 5.62. The Labute approximate surface area is 203 Å². The first-order chi connectivity index (χ1) is 16.0. The number of nitro groups is 1. The summed E-state index contributed by atoms with van der Waals surface area (Å²) < 4.78 is 6.27. The Bertz CT molecular complexity index is 1430. The third-order valence-corrected chi connectivity index (χ3v) is 6.54. The van der Waals surface area contributed by atoms with Gasteiger partial charge in [-0.25, -0.2) is 0 Å². The van der Waals surface area contributed by atoms with E-state index < -0.39 is 16.4 Å². The number of anilines is 1. The number of hydrogen-bond acceptors (Lipinski definition) is 6. The van der Waals surface area contributed by atoms with E-state index in [0.717, 1.165) is 0 Å². The van der Waals surface area contributed by atoms with Crippen LogP contribution in [0.3, 0.4) is 0 Å². The quantitative estimate of drug-likeness (QED) is 0.241. The zero-order valence-electron chi connectivity index (χ0n) is 18.5. The van der Waals surface area contributed by atoms with Gasteiger partial charge in [0.1, 0.15) is 10.6 Å². The lowest BCUT2D eigenvalue weighted by molar-refractivity contribution is -0.384. The molecule has 2 aromatic carbocycles. The van der Waals surface area contributed by atoms with Gasteiger partial charge >= 0.3 is 0 Å². The Morgan fingerprint density at radius 3 is 2.47 bits per heavy atom. The number of halogens is 1. The van der Waals surface area contributed by atoms with Crippen LogP contribution in [0.25, 0.3) is 21.4 Å². The minimum absolute atomic E-state index is 0.0153. The molecule has 2 amide bonds. The number of carbonyl (C=O) groups is 2. The van der Waals surface area contributed by atoms with Gasteiger partial charge in [0.15, 0.2) is 5.76 Å². The van der Waals surface area contributed by atoms with Gasteiger partial charge in [-0.3, -0.25) is 19.7 Å². The van der Waals surface area contributed by atoms with Crippen LogP contribution >= 0.6 is 22.9 Å². The molecule has 2 heterocycles. The molecule has 0 radical (unpaired) electrons. The van der Waals surface area contributed by atoms with Gasteiger partial charge in [0.25, 0.3) is 17.5 Å². The lowest BCUT2D eigenvalue weighted by Crippen LogP contribution is -2.40. The van der Waals surface area contributed by atoms with Gasteiger partial charge in [0.2, 0.25) is 0 Å². The van der Waals surface area contributed by atoms with Crippen LogP contribution in [0.1, 0.15) is 41.0 Å². The first kappa shape index (κ1) is 23.5. The molecule has 174 valence electrons. The number of nitro benzene ring substituents is 1. The van der Waals surface area contributed by atoms with Gasteiger partial charge < -0.3 is 15.1 Å². The predicted molar refractivity (Wildman–Crippen MR) is 133 cm³/mol. The van der Waals surface area contributed by atoms with Crippen LogP contribution in [-0.4, -0.2) is 22.3 Å². The van der Waals surface area contributed by atoms with Crippen LogP contribution in [0.2, 0.25) is 5.02 Å². The topological polar surface area (TPSA) is 114 Å². The Kier molecular flexibility index (Phi) is 6.16. The fraction of sp³-hybridized carbons (Fsp3) is 0.167. The number of amides is 2. The minimum atomic E-state index is -0.539. The van der Waals surface area contributed by atoms with E-state index in [1.807, 2.05) is 20.8 Å². The third kappa shape index (κ3) is 4.66. The molecule has 0 spiro atoms. The standard InChI is InChI=1S/C24H20ClN3O5S/c1-24(2,3)27-23(30)21-19(25)14-8-6-9-15(20(14)34-21)26-22(29)18-12-11-17(33-18)13-7-4-5-10-16(13)28(31)32/h4-12H,1-3H3,(H,26,29)(H,27,30). The lowest BCUT2D eigenvalue weighted by Gasteiger charge is -2.19. The largest absolute Gasteiger partial charge is 0.451 e. The number of furan rings is 1. The van der Waals surface area contributed by atoms with Crippen molar-refractivity contribution in [1.82, 2.24) is 5.32 Å². The number of fused-ring (bicyclic) bond motifs is 1. The smallest absolute Gasteiger partial charge is 0.291 e. The summed E-state index contributed by atoms with van der Waals surface area (Å²) in [5, 5.41) is 17.9. The van der Waals surface area contributed by atoms with Crippen LogP contribution in [0.15, 0.2) is 59.0 Å². The second kappa shape index (κ2) is 8.92. The molecule has 0 bridgehead atoms. The number of para-hydroxylation sites is 1. The minimum Gasteiger partial charge on any atom is -0.451 e. The van der Waals surface area contributed by atoms with Crippen molar-refractivity contribution >= 4 is 56.2 Å². The van der Waals surface area contributed by atoms with Crippen molar-refractivity contribution in [2.75, 3.05) is 5.32 Å². The predicted octanol–water partition coefficient (Wildman–Crippen LogP) is 6.50. The highest BCUT2D eigenvalue weighted by atomic mass is 35.5. The maximum atomic E-state index is 12.9. The van der Waals surface area contributed by atoms with E-state index in [2.05, 4.69) is 10.6 Å². The van der Waals surface area contributed by atoms with Crippen molar-refractivity contribution in [3.05, 3.63) is 80.4 Å². The van der Waals surface area contributed by atoms with Crippen molar-refractivity contribution in [2.24, 2.45) is 0 Å². The number of benzene rings is 2. The summed E-state index contributed by atoms with van der Waals surface area (Å²) >= 11 is 7.66. The van der Waals surface area contributed by atoms with Crippen LogP contribution in [0.4, 0.5) is 11.4 Å². The van der Waals surface area contributed by atoms with Crippen molar-refractivity contribution < 1.29 is 18.9 Å². The van der Waals surface area contributed by atoms with Crippen LogP contribution in [0.5, 0.6) is 0 Å². The summed E-state index contributed by atoms with van der Waals surface area (Å²) in [5.41, 5.74) is 0.183. The normalized spacial score (nSPS) is 11.4. The molecule has 0 aliphatic heterocycles. The van der Waals surface area contributed by atoms with E-state index in [1.165, 1.54) is 29.5 Å². The average Bonchev–Trinajstić information content (AvgIpc) is 3.39. The van der Waals surface area contributed by atoms with Crippen LogP contribution in [-0.2, 0) is 0 Å². The van der Waals surface area contributed by atoms with Gasteiger partial charge in [-0.15, -0.1) is 11.3 Å². The molecule has 4 rings (SSSR count). The van der Waals surface area contributed by atoms with Crippen LogP contribution < -0.4 is 10.6 Å². The van der Waals surface area contributed by atoms with Crippen molar-refractivity contribution in [3.8, 4) is 11.3 Å². The monoisotopic (exact) mass is 497 g/mol. The third-order valence-electron chi connectivity index (χ3n) is 4.79. The molecule has 2 aromatic heterocycles. The molecule has 0 saturated heterocycles. The summed E-state index contributed by atoms with van der Waals surface area (Å²) in [6, 6.07) is 14.3. The summed E-state index contributed by atoms with van der Waals surface area (Å²) in [4.78, 5) is 36.7. The first-order valence-corrected chi connectivity index (χ1v) is 11.4. The molecule has 0 saturated carbocycles. The fourth-order valence-corrected chi connectivity index (χ4v) is 4.83. The van der Waals surface area contributed by atoms with Crippen molar-refractivity contribution in [2.45, 2.75) is 26.3 Å². The maximum absolute atomic E-state index is 12.9. The number of nitrogens with one attached hydrogen (secondary N) is 2.